The van der Waals surface area contributed by atoms with Gasteiger partial charge in [0.05, 0.1) is 11.4 Å². The summed E-state index contributed by atoms with van der Waals surface area (Å²) >= 11 is 0. The average Bonchev–Trinajstić information content (AvgIpc) is 1.94. The van der Waals surface area contributed by atoms with Crippen LogP contribution >= 0.6 is 0 Å². The molecule has 0 saturated carbocycles. The van der Waals surface area contributed by atoms with E-state index >= 15 is 0 Å². The van der Waals surface area contributed by atoms with Gasteiger partial charge in [-0.05, 0) is 24.6 Å². The Bertz CT molecular complexity index is 259. The van der Waals surface area contributed by atoms with Gasteiger partial charge in [0.2, 0.25) is 0 Å². The normalized spacial score (nSPS) is 20.0. The van der Waals surface area contributed by atoms with Gasteiger partial charge in [0.25, 0.3) is 0 Å². The number of hydrogen-bond donors (Lipinski definition) is 3. The molecule has 4 N–H and O–H groups in total. The van der Waals surface area contributed by atoms with Crippen molar-refractivity contribution < 1.29 is 0 Å². The molecule has 11 heavy (non-hydrogen) atoms. The summed E-state index contributed by atoms with van der Waals surface area (Å²) in [5.74, 6) is 0. The van der Waals surface area contributed by atoms with Crippen LogP contribution in [0.4, 0.5) is 0 Å². The van der Waals surface area contributed by atoms with E-state index in [1.807, 2.05) is 6.92 Å². The second-order valence-electron chi connectivity index (χ2n) is 2.59. The third kappa shape index (κ3) is 1.62. The van der Waals surface area contributed by atoms with Gasteiger partial charge < -0.3 is 5.73 Å². The van der Waals surface area contributed by atoms with E-state index in [0.717, 1.165) is 5.57 Å². The standard InChI is InChI=1S/C8H11N3/c1-5(9)6-2-3-7(10)8(11)4-6/h2-5,10-11H,9H2,1H3. The zero-order valence-corrected chi connectivity index (χ0v) is 6.39. The third-order valence-corrected chi connectivity index (χ3v) is 1.57. The first-order chi connectivity index (χ1) is 5.11. The Labute approximate surface area is 65.6 Å². The van der Waals surface area contributed by atoms with Crippen molar-refractivity contribution in [1.29, 1.82) is 10.8 Å². The molecule has 1 aliphatic rings. The number of nitrogens with one attached hydrogen (secondary N) is 2. The fourth-order valence-corrected chi connectivity index (χ4v) is 0.845. The molecular formula is C8H11N3. The molecule has 58 valence electrons. The maximum atomic E-state index is 7.31. The largest absolute Gasteiger partial charge is 0.324 e. The first kappa shape index (κ1) is 7.88. The van der Waals surface area contributed by atoms with Crippen LogP contribution in [0.2, 0.25) is 0 Å². The summed E-state index contributed by atoms with van der Waals surface area (Å²) < 4.78 is 0. The van der Waals surface area contributed by atoms with Crippen LogP contribution in [0.5, 0.6) is 0 Å². The molecule has 0 saturated heterocycles. The predicted octanol–water partition coefficient (Wildman–Crippen LogP) is 0.869. The summed E-state index contributed by atoms with van der Waals surface area (Å²) in [6.45, 7) is 1.86. The molecule has 0 heterocycles. The fraction of sp³-hybridized carbons (Fsp3) is 0.250. The van der Waals surface area contributed by atoms with Crippen molar-refractivity contribution in [1.82, 2.24) is 0 Å². The highest BCUT2D eigenvalue weighted by Crippen LogP contribution is 2.07. The maximum absolute atomic E-state index is 7.31. The molecule has 0 radical (unpaired) electrons. The molecule has 0 aromatic rings. The molecule has 0 aromatic heterocycles. The van der Waals surface area contributed by atoms with Crippen molar-refractivity contribution in [2.75, 3.05) is 0 Å². The van der Waals surface area contributed by atoms with Crippen LogP contribution in [-0.2, 0) is 0 Å². The molecule has 1 rings (SSSR count). The van der Waals surface area contributed by atoms with Gasteiger partial charge in [-0.3, -0.25) is 10.8 Å². The molecule has 0 bridgehead atoms. The van der Waals surface area contributed by atoms with Gasteiger partial charge in [-0.1, -0.05) is 6.08 Å². The molecule has 1 unspecified atom stereocenters. The van der Waals surface area contributed by atoms with Crippen LogP contribution in [0.15, 0.2) is 23.8 Å². The summed E-state index contributed by atoms with van der Waals surface area (Å²) in [5.41, 5.74) is 6.98. The van der Waals surface area contributed by atoms with E-state index in [2.05, 4.69) is 0 Å². The number of nitrogens with two attached hydrogens (primary N) is 1. The maximum Gasteiger partial charge on any atom is 0.0792 e. The van der Waals surface area contributed by atoms with Crippen molar-refractivity contribution in [3.8, 4) is 0 Å². The Morgan fingerprint density at radius 2 is 1.91 bits per heavy atom. The van der Waals surface area contributed by atoms with Crippen LogP contribution in [0.1, 0.15) is 6.92 Å². The lowest BCUT2D eigenvalue weighted by atomic mass is 10.00. The lowest BCUT2D eigenvalue weighted by Gasteiger charge is -2.10. The minimum atomic E-state index is -0.0558. The molecule has 0 aromatic carbocycles. The highest BCUT2D eigenvalue weighted by Gasteiger charge is 2.08. The molecule has 3 heteroatoms. The fourth-order valence-electron chi connectivity index (χ4n) is 0.845. The minimum Gasteiger partial charge on any atom is -0.324 e. The second kappa shape index (κ2) is 2.80. The zero-order chi connectivity index (χ0) is 8.43. The molecule has 1 atom stereocenters. The lowest BCUT2D eigenvalue weighted by Crippen LogP contribution is -2.21. The Kier molecular flexibility index (Phi) is 2.01. The monoisotopic (exact) mass is 149 g/mol. The first-order valence-electron chi connectivity index (χ1n) is 3.44. The number of allylic oxidation sites excluding steroid dienone is 2. The quantitative estimate of drug-likeness (QED) is 0.475. The first-order valence-corrected chi connectivity index (χ1v) is 3.44. The second-order valence-corrected chi connectivity index (χ2v) is 2.59. The van der Waals surface area contributed by atoms with Crippen LogP contribution in [0, 0.1) is 10.8 Å². The average molecular weight is 149 g/mol. The molecule has 1 aliphatic carbocycles. The Morgan fingerprint density at radius 3 is 2.36 bits per heavy atom. The molecule has 0 aliphatic heterocycles. The summed E-state index contributed by atoms with van der Waals surface area (Å²) in [7, 11) is 0. The summed E-state index contributed by atoms with van der Waals surface area (Å²) in [5, 5.41) is 14.5. The van der Waals surface area contributed by atoms with Gasteiger partial charge in [0, 0.05) is 6.04 Å². The SMILES string of the molecule is CC(N)C1=CC(=N)C(=N)C=C1. The molecule has 0 spiro atoms. The molecule has 3 nitrogen and oxygen atoms in total. The molecular weight excluding hydrogens is 138 g/mol. The van der Waals surface area contributed by atoms with Crippen LogP contribution in [-0.4, -0.2) is 17.5 Å². The van der Waals surface area contributed by atoms with E-state index in [1.54, 1.807) is 18.2 Å². The van der Waals surface area contributed by atoms with Gasteiger partial charge >= 0.3 is 0 Å². The predicted molar refractivity (Wildman–Crippen MR) is 46.3 cm³/mol. The van der Waals surface area contributed by atoms with Gasteiger partial charge in [0.15, 0.2) is 0 Å². The van der Waals surface area contributed by atoms with Gasteiger partial charge in [-0.2, -0.15) is 0 Å². The van der Waals surface area contributed by atoms with Gasteiger partial charge in [-0.15, -0.1) is 0 Å². The third-order valence-electron chi connectivity index (χ3n) is 1.57. The van der Waals surface area contributed by atoms with Crippen molar-refractivity contribution in [3.63, 3.8) is 0 Å². The van der Waals surface area contributed by atoms with E-state index in [4.69, 9.17) is 16.6 Å². The van der Waals surface area contributed by atoms with Crippen molar-refractivity contribution in [2.45, 2.75) is 13.0 Å². The summed E-state index contributed by atoms with van der Waals surface area (Å²) in [6, 6.07) is -0.0558. The van der Waals surface area contributed by atoms with Crippen LogP contribution < -0.4 is 5.73 Å². The van der Waals surface area contributed by atoms with E-state index < -0.39 is 0 Å². The smallest absolute Gasteiger partial charge is 0.0792 e. The van der Waals surface area contributed by atoms with Crippen molar-refractivity contribution in [3.05, 3.63) is 23.8 Å². The topological polar surface area (TPSA) is 73.7 Å². The van der Waals surface area contributed by atoms with E-state index in [9.17, 15) is 0 Å². The molecule has 0 fully saturated rings. The summed E-state index contributed by atoms with van der Waals surface area (Å²) in [6.07, 6.45) is 5.01. The molecule has 0 amide bonds. The van der Waals surface area contributed by atoms with E-state index in [-0.39, 0.29) is 17.5 Å². The number of rotatable bonds is 1. The highest BCUT2D eigenvalue weighted by atomic mass is 14.6. The van der Waals surface area contributed by atoms with E-state index in [0.29, 0.717) is 0 Å². The Morgan fingerprint density at radius 1 is 1.27 bits per heavy atom. The van der Waals surface area contributed by atoms with Crippen molar-refractivity contribution >= 4 is 11.4 Å². The minimum absolute atomic E-state index is 0.0558. The Hall–Kier alpha value is -1.22. The van der Waals surface area contributed by atoms with Crippen molar-refractivity contribution in [2.24, 2.45) is 5.73 Å². The Balaban J connectivity index is 2.89. The van der Waals surface area contributed by atoms with Crippen LogP contribution in [0.25, 0.3) is 0 Å². The lowest BCUT2D eigenvalue weighted by molar-refractivity contribution is 0.886. The number of hydrogen-bond acceptors (Lipinski definition) is 3. The van der Waals surface area contributed by atoms with E-state index in [1.165, 1.54) is 0 Å². The summed E-state index contributed by atoms with van der Waals surface area (Å²) in [4.78, 5) is 0. The van der Waals surface area contributed by atoms with Gasteiger partial charge in [0.1, 0.15) is 0 Å². The van der Waals surface area contributed by atoms with Gasteiger partial charge in [-0.25, -0.2) is 0 Å². The van der Waals surface area contributed by atoms with Crippen LogP contribution in [0.3, 0.4) is 0 Å². The highest BCUT2D eigenvalue weighted by molar-refractivity contribution is 6.49. The zero-order valence-electron chi connectivity index (χ0n) is 6.39.